The highest BCUT2D eigenvalue weighted by Gasteiger charge is 2.27. The number of H-pyrrole nitrogens is 1. The number of ether oxygens (including phenoxy) is 2. The standard InChI is InChI=1S/C26H27N3O3S/c1-3-32-20-12-6-17(7-13-20)22-5-4-14-29(22)16-24-27-21-15-23(33-25(21)26(30)28-24)18-8-10-19(31-2)11-9-18/h6-13,15,22H,3-5,14,16H2,1-2H3,(H,27,28,30). The zero-order valence-electron chi connectivity index (χ0n) is 18.8. The lowest BCUT2D eigenvalue weighted by Crippen LogP contribution is -2.25. The van der Waals surface area contributed by atoms with Gasteiger partial charge < -0.3 is 14.5 Å². The van der Waals surface area contributed by atoms with E-state index >= 15 is 0 Å². The quantitative estimate of drug-likeness (QED) is 0.399. The third kappa shape index (κ3) is 4.51. The average Bonchev–Trinajstić information content (AvgIpc) is 3.47. The summed E-state index contributed by atoms with van der Waals surface area (Å²) in [6.45, 7) is 4.26. The molecule has 6 nitrogen and oxygen atoms in total. The third-order valence-corrected chi connectivity index (χ3v) is 7.27. The van der Waals surface area contributed by atoms with E-state index in [4.69, 9.17) is 14.5 Å². The van der Waals surface area contributed by atoms with Gasteiger partial charge >= 0.3 is 0 Å². The molecule has 0 radical (unpaired) electrons. The molecule has 2 aromatic heterocycles. The first-order valence-corrected chi connectivity index (χ1v) is 12.1. The first-order valence-electron chi connectivity index (χ1n) is 11.3. The number of benzene rings is 2. The summed E-state index contributed by atoms with van der Waals surface area (Å²) in [6, 6.07) is 18.6. The van der Waals surface area contributed by atoms with Crippen molar-refractivity contribution < 1.29 is 9.47 Å². The molecule has 3 heterocycles. The summed E-state index contributed by atoms with van der Waals surface area (Å²) in [6.07, 6.45) is 2.23. The van der Waals surface area contributed by atoms with E-state index in [1.54, 1.807) is 7.11 Å². The second kappa shape index (κ2) is 9.37. The normalized spacial score (nSPS) is 16.4. The van der Waals surface area contributed by atoms with Gasteiger partial charge in [-0.1, -0.05) is 12.1 Å². The van der Waals surface area contributed by atoms with Crippen LogP contribution in [0.2, 0.25) is 0 Å². The molecule has 2 aromatic carbocycles. The fourth-order valence-electron chi connectivity index (χ4n) is 4.50. The first kappa shape index (κ1) is 21.7. The van der Waals surface area contributed by atoms with Crippen LogP contribution in [0.15, 0.2) is 59.4 Å². The summed E-state index contributed by atoms with van der Waals surface area (Å²) in [5.41, 5.74) is 3.00. The summed E-state index contributed by atoms with van der Waals surface area (Å²) in [5.74, 6) is 2.42. The Morgan fingerprint density at radius 3 is 2.61 bits per heavy atom. The monoisotopic (exact) mass is 461 g/mol. The van der Waals surface area contributed by atoms with E-state index in [-0.39, 0.29) is 5.56 Å². The lowest BCUT2D eigenvalue weighted by molar-refractivity contribution is 0.242. The largest absolute Gasteiger partial charge is 0.497 e. The Labute approximate surface area is 196 Å². The molecule has 1 saturated heterocycles. The molecule has 1 unspecified atom stereocenters. The van der Waals surface area contributed by atoms with Crippen LogP contribution in [0.25, 0.3) is 20.7 Å². The van der Waals surface area contributed by atoms with Crippen LogP contribution in [0, 0.1) is 0 Å². The number of aromatic nitrogens is 2. The minimum Gasteiger partial charge on any atom is -0.497 e. The lowest BCUT2D eigenvalue weighted by Gasteiger charge is -2.24. The van der Waals surface area contributed by atoms with Crippen molar-refractivity contribution in [3.05, 3.63) is 76.3 Å². The molecule has 0 amide bonds. The minimum atomic E-state index is -0.0726. The molecule has 33 heavy (non-hydrogen) atoms. The second-order valence-electron chi connectivity index (χ2n) is 8.20. The number of hydrogen-bond donors (Lipinski definition) is 1. The van der Waals surface area contributed by atoms with E-state index in [9.17, 15) is 4.79 Å². The van der Waals surface area contributed by atoms with Crippen LogP contribution in [0.3, 0.4) is 0 Å². The molecule has 1 N–H and O–H groups in total. The van der Waals surface area contributed by atoms with Crippen molar-refractivity contribution in [3.8, 4) is 21.9 Å². The van der Waals surface area contributed by atoms with Crippen LogP contribution in [-0.2, 0) is 6.54 Å². The van der Waals surface area contributed by atoms with Gasteiger partial charge in [0, 0.05) is 10.9 Å². The molecule has 0 spiro atoms. The van der Waals surface area contributed by atoms with Crippen molar-refractivity contribution in [2.45, 2.75) is 32.4 Å². The Bertz CT molecular complexity index is 1300. The first-order chi connectivity index (χ1) is 16.1. The summed E-state index contributed by atoms with van der Waals surface area (Å²) in [7, 11) is 1.65. The smallest absolute Gasteiger partial charge is 0.268 e. The van der Waals surface area contributed by atoms with Crippen molar-refractivity contribution in [1.82, 2.24) is 14.9 Å². The van der Waals surface area contributed by atoms with E-state index in [1.807, 2.05) is 49.4 Å². The van der Waals surface area contributed by atoms with Crippen molar-refractivity contribution >= 4 is 21.6 Å². The van der Waals surface area contributed by atoms with Crippen LogP contribution in [0.5, 0.6) is 11.5 Å². The zero-order chi connectivity index (χ0) is 22.8. The van der Waals surface area contributed by atoms with Crippen LogP contribution in [-0.4, -0.2) is 35.1 Å². The van der Waals surface area contributed by atoms with Gasteiger partial charge in [-0.3, -0.25) is 9.69 Å². The Morgan fingerprint density at radius 1 is 1.12 bits per heavy atom. The van der Waals surface area contributed by atoms with Crippen molar-refractivity contribution in [2.75, 3.05) is 20.3 Å². The molecule has 4 aromatic rings. The van der Waals surface area contributed by atoms with Crippen molar-refractivity contribution in [1.29, 1.82) is 0 Å². The summed E-state index contributed by atoms with van der Waals surface area (Å²) >= 11 is 1.47. The van der Waals surface area contributed by atoms with Gasteiger partial charge in [0.2, 0.25) is 0 Å². The van der Waals surface area contributed by atoms with E-state index in [1.165, 1.54) is 16.9 Å². The molecule has 0 saturated carbocycles. The lowest BCUT2D eigenvalue weighted by atomic mass is 10.0. The van der Waals surface area contributed by atoms with Crippen LogP contribution in [0.4, 0.5) is 0 Å². The highest BCUT2D eigenvalue weighted by molar-refractivity contribution is 7.22. The molecule has 1 aliphatic rings. The van der Waals surface area contributed by atoms with E-state index < -0.39 is 0 Å². The number of nitrogens with zero attached hydrogens (tertiary/aromatic N) is 2. The number of hydrogen-bond acceptors (Lipinski definition) is 6. The number of thiophene rings is 1. The molecule has 170 valence electrons. The maximum Gasteiger partial charge on any atom is 0.268 e. The highest BCUT2D eigenvalue weighted by atomic mass is 32.1. The van der Waals surface area contributed by atoms with Crippen molar-refractivity contribution in [3.63, 3.8) is 0 Å². The Hall–Kier alpha value is -3.16. The van der Waals surface area contributed by atoms with Gasteiger partial charge in [-0.05, 0) is 79.9 Å². The molecule has 0 bridgehead atoms. The van der Waals surface area contributed by atoms with Gasteiger partial charge in [-0.25, -0.2) is 4.98 Å². The fourth-order valence-corrected chi connectivity index (χ4v) is 5.50. The van der Waals surface area contributed by atoms with E-state index in [0.717, 1.165) is 46.8 Å². The molecular weight excluding hydrogens is 434 g/mol. The average molecular weight is 462 g/mol. The molecule has 1 aliphatic heterocycles. The maximum absolute atomic E-state index is 12.8. The maximum atomic E-state index is 12.8. The predicted molar refractivity (Wildman–Crippen MR) is 132 cm³/mol. The summed E-state index contributed by atoms with van der Waals surface area (Å²) in [4.78, 5) is 24.1. The van der Waals surface area contributed by atoms with Crippen molar-refractivity contribution in [2.24, 2.45) is 0 Å². The molecule has 5 rings (SSSR count). The Morgan fingerprint density at radius 2 is 1.88 bits per heavy atom. The second-order valence-corrected chi connectivity index (χ2v) is 9.25. The molecule has 0 aliphatic carbocycles. The van der Waals surface area contributed by atoms with Gasteiger partial charge in [0.1, 0.15) is 22.0 Å². The number of aromatic amines is 1. The number of fused-ring (bicyclic) bond motifs is 1. The van der Waals surface area contributed by atoms with Gasteiger partial charge in [0.15, 0.2) is 0 Å². The van der Waals surface area contributed by atoms with Crippen LogP contribution < -0.4 is 15.0 Å². The van der Waals surface area contributed by atoms with Gasteiger partial charge in [0.05, 0.1) is 25.8 Å². The number of likely N-dealkylation sites (tertiary alicyclic amines) is 1. The van der Waals surface area contributed by atoms with Gasteiger partial charge in [0.25, 0.3) is 5.56 Å². The van der Waals surface area contributed by atoms with E-state index in [0.29, 0.717) is 29.7 Å². The predicted octanol–water partition coefficient (Wildman–Crippen LogP) is 5.40. The zero-order valence-corrected chi connectivity index (χ0v) is 19.7. The topological polar surface area (TPSA) is 67.5 Å². The highest BCUT2D eigenvalue weighted by Crippen LogP contribution is 2.35. The number of methoxy groups -OCH3 is 1. The summed E-state index contributed by atoms with van der Waals surface area (Å²) < 4.78 is 11.5. The molecule has 1 fully saturated rings. The molecule has 1 atom stereocenters. The van der Waals surface area contributed by atoms with Gasteiger partial charge in [-0.15, -0.1) is 11.3 Å². The summed E-state index contributed by atoms with van der Waals surface area (Å²) in [5, 5.41) is 0. The minimum absolute atomic E-state index is 0.0726. The molecular formula is C26H27N3O3S. The molecule has 7 heteroatoms. The Balaban J connectivity index is 1.38. The van der Waals surface area contributed by atoms with Crippen LogP contribution in [0.1, 0.15) is 37.2 Å². The SMILES string of the molecule is CCOc1ccc(C2CCCN2Cc2nc3cc(-c4ccc(OC)cc4)sc3c(=O)[nH]2)cc1. The van der Waals surface area contributed by atoms with E-state index in [2.05, 4.69) is 22.0 Å². The Kier molecular flexibility index (Phi) is 6.15. The fraction of sp³-hybridized carbons (Fsp3) is 0.308. The van der Waals surface area contributed by atoms with Crippen LogP contribution >= 0.6 is 11.3 Å². The number of nitrogens with one attached hydrogen (secondary N) is 1. The third-order valence-electron chi connectivity index (χ3n) is 6.10. The van der Waals surface area contributed by atoms with Gasteiger partial charge in [-0.2, -0.15) is 0 Å². The number of rotatable bonds is 7.